The SMILES string of the molecule is CCCNC(=O)C(C)Nc1nc(CC)nc(NCC)c1C. The van der Waals surface area contributed by atoms with Crippen LogP contribution >= 0.6 is 0 Å². The molecule has 1 aromatic rings. The third kappa shape index (κ3) is 4.88. The molecule has 118 valence electrons. The van der Waals surface area contributed by atoms with E-state index in [0.29, 0.717) is 6.54 Å². The normalized spacial score (nSPS) is 11.9. The summed E-state index contributed by atoms with van der Waals surface area (Å²) in [5.41, 5.74) is 0.934. The van der Waals surface area contributed by atoms with Gasteiger partial charge in [0.05, 0.1) is 0 Å². The molecular formula is C15H27N5O. The van der Waals surface area contributed by atoms with Crippen LogP contribution in [0.5, 0.6) is 0 Å². The van der Waals surface area contributed by atoms with Gasteiger partial charge in [0.25, 0.3) is 0 Å². The topological polar surface area (TPSA) is 78.9 Å². The number of nitrogens with zero attached hydrogens (tertiary/aromatic N) is 2. The molecule has 0 aliphatic carbocycles. The van der Waals surface area contributed by atoms with Crippen molar-refractivity contribution < 1.29 is 4.79 Å². The van der Waals surface area contributed by atoms with E-state index in [-0.39, 0.29) is 11.9 Å². The van der Waals surface area contributed by atoms with E-state index in [1.165, 1.54) is 0 Å². The molecule has 0 radical (unpaired) electrons. The highest BCUT2D eigenvalue weighted by molar-refractivity contribution is 5.84. The van der Waals surface area contributed by atoms with Gasteiger partial charge in [-0.3, -0.25) is 4.79 Å². The lowest BCUT2D eigenvalue weighted by molar-refractivity contribution is -0.121. The van der Waals surface area contributed by atoms with Crippen LogP contribution in [-0.2, 0) is 11.2 Å². The van der Waals surface area contributed by atoms with Gasteiger partial charge in [0.2, 0.25) is 5.91 Å². The van der Waals surface area contributed by atoms with Crippen molar-refractivity contribution >= 4 is 17.5 Å². The molecule has 0 bridgehead atoms. The van der Waals surface area contributed by atoms with Gasteiger partial charge in [-0.2, -0.15) is 0 Å². The van der Waals surface area contributed by atoms with Crippen LogP contribution in [0.15, 0.2) is 0 Å². The number of anilines is 2. The molecule has 3 N–H and O–H groups in total. The minimum atomic E-state index is -0.329. The van der Waals surface area contributed by atoms with Gasteiger partial charge >= 0.3 is 0 Å². The molecule has 0 fully saturated rings. The molecule has 6 nitrogen and oxygen atoms in total. The van der Waals surface area contributed by atoms with E-state index in [2.05, 4.69) is 25.9 Å². The van der Waals surface area contributed by atoms with Crippen molar-refractivity contribution in [2.45, 2.75) is 53.5 Å². The van der Waals surface area contributed by atoms with Crippen molar-refractivity contribution in [1.29, 1.82) is 0 Å². The number of aryl methyl sites for hydroxylation is 1. The number of carbonyl (C=O) groups excluding carboxylic acids is 1. The summed E-state index contributed by atoms with van der Waals surface area (Å²) in [6.45, 7) is 11.4. The van der Waals surface area contributed by atoms with Crippen LogP contribution in [0.1, 0.15) is 45.5 Å². The lowest BCUT2D eigenvalue weighted by atomic mass is 10.2. The van der Waals surface area contributed by atoms with Gasteiger partial charge in [-0.15, -0.1) is 0 Å². The van der Waals surface area contributed by atoms with Crippen molar-refractivity contribution in [3.63, 3.8) is 0 Å². The van der Waals surface area contributed by atoms with Gasteiger partial charge in [-0.05, 0) is 27.2 Å². The second-order valence-corrected chi connectivity index (χ2v) is 5.00. The third-order valence-corrected chi connectivity index (χ3v) is 3.15. The molecule has 1 atom stereocenters. The monoisotopic (exact) mass is 293 g/mol. The maximum Gasteiger partial charge on any atom is 0.242 e. The van der Waals surface area contributed by atoms with E-state index in [0.717, 1.165) is 42.4 Å². The molecular weight excluding hydrogens is 266 g/mol. The van der Waals surface area contributed by atoms with E-state index in [1.807, 2.05) is 34.6 Å². The Morgan fingerprint density at radius 3 is 2.43 bits per heavy atom. The second kappa shape index (κ2) is 8.44. The summed E-state index contributed by atoms with van der Waals surface area (Å²) in [6.07, 6.45) is 1.68. The third-order valence-electron chi connectivity index (χ3n) is 3.15. The van der Waals surface area contributed by atoms with Gasteiger partial charge in [0.1, 0.15) is 23.5 Å². The predicted octanol–water partition coefficient (Wildman–Crippen LogP) is 2.11. The number of amides is 1. The average Bonchev–Trinajstić information content (AvgIpc) is 2.48. The summed E-state index contributed by atoms with van der Waals surface area (Å²) in [5.74, 6) is 2.29. The van der Waals surface area contributed by atoms with Crippen LogP contribution in [0.3, 0.4) is 0 Å². The minimum absolute atomic E-state index is 0.0158. The highest BCUT2D eigenvalue weighted by atomic mass is 16.2. The molecule has 0 saturated carbocycles. The molecule has 21 heavy (non-hydrogen) atoms. The number of rotatable bonds is 8. The quantitative estimate of drug-likeness (QED) is 0.684. The zero-order chi connectivity index (χ0) is 15.8. The van der Waals surface area contributed by atoms with E-state index in [4.69, 9.17) is 0 Å². The van der Waals surface area contributed by atoms with Crippen LogP contribution < -0.4 is 16.0 Å². The number of carbonyl (C=O) groups is 1. The van der Waals surface area contributed by atoms with E-state index in [1.54, 1.807) is 0 Å². The van der Waals surface area contributed by atoms with E-state index >= 15 is 0 Å². The van der Waals surface area contributed by atoms with Crippen molar-refractivity contribution in [3.05, 3.63) is 11.4 Å². The molecule has 0 aromatic carbocycles. The zero-order valence-corrected chi connectivity index (χ0v) is 13.7. The van der Waals surface area contributed by atoms with Gasteiger partial charge in [0, 0.05) is 25.1 Å². The average molecular weight is 293 g/mol. The fourth-order valence-electron chi connectivity index (χ4n) is 1.87. The fourth-order valence-corrected chi connectivity index (χ4v) is 1.87. The summed E-state index contributed by atoms with van der Waals surface area (Å²) >= 11 is 0. The Hall–Kier alpha value is -1.85. The van der Waals surface area contributed by atoms with E-state index in [9.17, 15) is 4.79 Å². The lowest BCUT2D eigenvalue weighted by Gasteiger charge is -2.18. The van der Waals surface area contributed by atoms with Crippen molar-refractivity contribution in [2.75, 3.05) is 23.7 Å². The summed E-state index contributed by atoms with van der Waals surface area (Å²) in [7, 11) is 0. The van der Waals surface area contributed by atoms with Crippen molar-refractivity contribution in [2.24, 2.45) is 0 Å². The summed E-state index contributed by atoms with van der Waals surface area (Å²) in [6, 6.07) is -0.329. The summed E-state index contributed by atoms with van der Waals surface area (Å²) in [5, 5.41) is 9.30. The minimum Gasteiger partial charge on any atom is -0.370 e. The Morgan fingerprint density at radius 1 is 1.19 bits per heavy atom. The van der Waals surface area contributed by atoms with Gasteiger partial charge < -0.3 is 16.0 Å². The molecule has 1 aromatic heterocycles. The van der Waals surface area contributed by atoms with Crippen molar-refractivity contribution in [3.8, 4) is 0 Å². The lowest BCUT2D eigenvalue weighted by Crippen LogP contribution is -2.38. The van der Waals surface area contributed by atoms with Gasteiger partial charge in [-0.25, -0.2) is 9.97 Å². The highest BCUT2D eigenvalue weighted by Gasteiger charge is 2.16. The summed E-state index contributed by atoms with van der Waals surface area (Å²) < 4.78 is 0. The molecule has 1 heterocycles. The van der Waals surface area contributed by atoms with E-state index < -0.39 is 0 Å². The zero-order valence-electron chi connectivity index (χ0n) is 13.7. The standard InChI is InChI=1S/C15H27N5O/c1-6-9-17-15(21)11(5)18-14-10(4)13(16-8-3)19-12(7-2)20-14/h11H,6-9H2,1-5H3,(H,17,21)(H2,16,18,19,20). The first-order valence-corrected chi connectivity index (χ1v) is 7.69. The number of hydrogen-bond acceptors (Lipinski definition) is 5. The fraction of sp³-hybridized carbons (Fsp3) is 0.667. The van der Waals surface area contributed by atoms with Gasteiger partial charge in [-0.1, -0.05) is 13.8 Å². The molecule has 0 saturated heterocycles. The smallest absolute Gasteiger partial charge is 0.242 e. The number of hydrogen-bond donors (Lipinski definition) is 3. The summed E-state index contributed by atoms with van der Waals surface area (Å²) in [4.78, 5) is 20.9. The predicted molar refractivity (Wildman–Crippen MR) is 86.7 cm³/mol. The first kappa shape index (κ1) is 17.2. The highest BCUT2D eigenvalue weighted by Crippen LogP contribution is 2.20. The Balaban J connectivity index is 2.90. The molecule has 0 spiro atoms. The molecule has 0 aliphatic heterocycles. The molecule has 1 amide bonds. The largest absolute Gasteiger partial charge is 0.370 e. The molecule has 1 rings (SSSR count). The van der Waals surface area contributed by atoms with Crippen LogP contribution in [0.4, 0.5) is 11.6 Å². The maximum atomic E-state index is 12.0. The molecule has 6 heteroatoms. The first-order valence-electron chi connectivity index (χ1n) is 7.69. The maximum absolute atomic E-state index is 12.0. The van der Waals surface area contributed by atoms with Crippen LogP contribution in [-0.4, -0.2) is 35.0 Å². The Labute approximate surface area is 127 Å². The number of nitrogens with one attached hydrogen (secondary N) is 3. The number of aromatic nitrogens is 2. The van der Waals surface area contributed by atoms with Crippen LogP contribution in [0.2, 0.25) is 0 Å². The first-order chi connectivity index (χ1) is 10.0. The Bertz CT molecular complexity index is 475. The Morgan fingerprint density at radius 2 is 1.86 bits per heavy atom. The second-order valence-electron chi connectivity index (χ2n) is 5.00. The molecule has 0 aliphatic rings. The van der Waals surface area contributed by atoms with Crippen LogP contribution in [0.25, 0.3) is 0 Å². The molecule has 1 unspecified atom stereocenters. The van der Waals surface area contributed by atoms with Crippen molar-refractivity contribution in [1.82, 2.24) is 15.3 Å². The Kier molecular flexibility index (Phi) is 6.91. The van der Waals surface area contributed by atoms with Gasteiger partial charge in [0.15, 0.2) is 0 Å². The van der Waals surface area contributed by atoms with Crippen LogP contribution in [0, 0.1) is 6.92 Å².